The third-order valence-corrected chi connectivity index (χ3v) is 4.60. The Labute approximate surface area is 117 Å². The quantitative estimate of drug-likeness (QED) is 0.489. The fourth-order valence-electron chi connectivity index (χ4n) is 2.29. The summed E-state index contributed by atoms with van der Waals surface area (Å²) in [7, 11) is 0. The molecule has 0 radical (unpaired) electrons. The number of halogens is 1. The molecule has 0 atom stereocenters. The molecule has 92 valence electrons. The van der Waals surface area contributed by atoms with E-state index in [0.717, 1.165) is 11.5 Å². The Bertz CT molecular complexity index is 420. The average Bonchev–Trinajstić information content (AvgIpc) is 2.35. The maximum Gasteiger partial charge on any atom is 0.103 e. The van der Waals surface area contributed by atoms with E-state index >= 15 is 0 Å². The minimum absolute atomic E-state index is 0.503. The summed E-state index contributed by atoms with van der Waals surface area (Å²) in [6.45, 7) is 2.11. The van der Waals surface area contributed by atoms with Gasteiger partial charge in [-0.3, -0.25) is 0 Å². The number of amidine groups is 1. The van der Waals surface area contributed by atoms with E-state index in [-0.39, 0.29) is 0 Å². The molecular weight excluding hydrogens is 323 g/mol. The van der Waals surface area contributed by atoms with Gasteiger partial charge in [-0.15, -0.1) is 0 Å². The Morgan fingerprint density at radius 2 is 2.00 bits per heavy atom. The zero-order chi connectivity index (χ0) is 12.3. The predicted octanol–water partition coefficient (Wildman–Crippen LogP) is 4.17. The predicted molar refractivity (Wildman–Crippen MR) is 81.8 cm³/mol. The van der Waals surface area contributed by atoms with Crippen LogP contribution < -0.4 is 5.73 Å². The smallest absolute Gasteiger partial charge is 0.103 e. The number of benzene rings is 1. The lowest BCUT2D eigenvalue weighted by Gasteiger charge is -2.20. The Kier molecular flexibility index (Phi) is 4.42. The van der Waals surface area contributed by atoms with Gasteiger partial charge in [-0.1, -0.05) is 25.3 Å². The third kappa shape index (κ3) is 3.44. The molecule has 0 aliphatic heterocycles. The van der Waals surface area contributed by atoms with Crippen LogP contribution in [0.1, 0.15) is 37.7 Å². The number of aryl methyl sites for hydroxylation is 1. The van der Waals surface area contributed by atoms with E-state index < -0.39 is 0 Å². The van der Waals surface area contributed by atoms with Crippen LogP contribution in [0.25, 0.3) is 0 Å². The fraction of sp³-hybridized carbons (Fsp3) is 0.500. The van der Waals surface area contributed by atoms with Gasteiger partial charge in [0.15, 0.2) is 0 Å². The molecule has 1 saturated carbocycles. The van der Waals surface area contributed by atoms with Gasteiger partial charge in [0.2, 0.25) is 0 Å². The first-order valence-electron chi connectivity index (χ1n) is 6.27. The second-order valence-electron chi connectivity index (χ2n) is 4.81. The number of hydrogen-bond donors (Lipinski definition) is 1. The number of hydrogen-bond acceptors (Lipinski definition) is 1. The van der Waals surface area contributed by atoms with Gasteiger partial charge in [-0.25, -0.2) is 4.99 Å². The van der Waals surface area contributed by atoms with E-state index in [1.807, 2.05) is 6.07 Å². The molecule has 1 aliphatic rings. The standard InChI is InChI=1S/C14H19IN2/c1-10-7-8-12(9-13(10)15)17-14(16)11-5-3-2-4-6-11/h7-9,11H,2-6H2,1H3,(H2,16,17). The van der Waals surface area contributed by atoms with Crippen LogP contribution in [0.2, 0.25) is 0 Å². The third-order valence-electron chi connectivity index (χ3n) is 3.44. The topological polar surface area (TPSA) is 38.4 Å². The molecule has 2 rings (SSSR count). The first-order chi connectivity index (χ1) is 8.16. The summed E-state index contributed by atoms with van der Waals surface area (Å²) in [6.07, 6.45) is 6.36. The summed E-state index contributed by atoms with van der Waals surface area (Å²) < 4.78 is 1.25. The molecule has 0 heterocycles. The van der Waals surface area contributed by atoms with Crippen molar-refractivity contribution >= 4 is 34.1 Å². The Morgan fingerprint density at radius 3 is 2.65 bits per heavy atom. The number of rotatable bonds is 2. The summed E-state index contributed by atoms with van der Waals surface area (Å²) in [5, 5.41) is 0. The zero-order valence-corrected chi connectivity index (χ0v) is 12.4. The number of aliphatic imine (C=N–C) groups is 1. The normalized spacial score (nSPS) is 18.4. The molecule has 0 amide bonds. The number of nitrogens with zero attached hydrogens (tertiary/aromatic N) is 1. The summed E-state index contributed by atoms with van der Waals surface area (Å²) in [5.41, 5.74) is 8.40. The van der Waals surface area contributed by atoms with Crippen LogP contribution in [0.5, 0.6) is 0 Å². The molecule has 0 spiro atoms. The second-order valence-corrected chi connectivity index (χ2v) is 5.97. The van der Waals surface area contributed by atoms with E-state index in [4.69, 9.17) is 5.73 Å². The maximum absolute atomic E-state index is 6.12. The first kappa shape index (κ1) is 12.9. The summed E-state index contributed by atoms with van der Waals surface area (Å²) in [5.74, 6) is 1.33. The van der Waals surface area contributed by atoms with Crippen LogP contribution >= 0.6 is 22.6 Å². The summed E-state index contributed by atoms with van der Waals surface area (Å²) in [6, 6.07) is 6.26. The highest BCUT2D eigenvalue weighted by Crippen LogP contribution is 2.26. The van der Waals surface area contributed by atoms with Crippen molar-refractivity contribution in [3.63, 3.8) is 0 Å². The van der Waals surface area contributed by atoms with Crippen LogP contribution in [-0.2, 0) is 0 Å². The van der Waals surface area contributed by atoms with Crippen molar-refractivity contribution < 1.29 is 0 Å². The van der Waals surface area contributed by atoms with Crippen LogP contribution in [0, 0.1) is 16.4 Å². The van der Waals surface area contributed by atoms with Gasteiger partial charge < -0.3 is 5.73 Å². The SMILES string of the molecule is Cc1ccc(N=C(N)C2CCCCC2)cc1I. The Morgan fingerprint density at radius 1 is 1.29 bits per heavy atom. The molecule has 0 aromatic heterocycles. The summed E-state index contributed by atoms with van der Waals surface area (Å²) in [4.78, 5) is 4.57. The van der Waals surface area contributed by atoms with Crippen LogP contribution in [-0.4, -0.2) is 5.84 Å². The average molecular weight is 342 g/mol. The molecule has 0 saturated heterocycles. The highest BCUT2D eigenvalue weighted by Gasteiger charge is 2.16. The Balaban J connectivity index is 2.13. The molecule has 17 heavy (non-hydrogen) atoms. The molecule has 0 unspecified atom stereocenters. The van der Waals surface area contributed by atoms with Gasteiger partial charge in [0.1, 0.15) is 5.84 Å². The van der Waals surface area contributed by atoms with Gasteiger partial charge in [0.25, 0.3) is 0 Å². The molecule has 1 fully saturated rings. The summed E-state index contributed by atoms with van der Waals surface area (Å²) >= 11 is 2.34. The molecule has 2 nitrogen and oxygen atoms in total. The molecule has 2 N–H and O–H groups in total. The maximum atomic E-state index is 6.12. The largest absolute Gasteiger partial charge is 0.387 e. The van der Waals surface area contributed by atoms with Crippen molar-refractivity contribution in [2.24, 2.45) is 16.6 Å². The van der Waals surface area contributed by atoms with Gasteiger partial charge in [-0.2, -0.15) is 0 Å². The van der Waals surface area contributed by atoms with Crippen LogP contribution in [0.15, 0.2) is 23.2 Å². The lowest BCUT2D eigenvalue weighted by atomic mass is 9.88. The van der Waals surface area contributed by atoms with Crippen molar-refractivity contribution in [3.8, 4) is 0 Å². The fourth-order valence-corrected chi connectivity index (χ4v) is 2.79. The number of nitrogens with two attached hydrogens (primary N) is 1. The van der Waals surface area contributed by atoms with Crippen LogP contribution in [0.4, 0.5) is 5.69 Å². The van der Waals surface area contributed by atoms with Gasteiger partial charge in [0, 0.05) is 9.49 Å². The Hall–Kier alpha value is -0.580. The highest BCUT2D eigenvalue weighted by molar-refractivity contribution is 14.1. The van der Waals surface area contributed by atoms with Crippen molar-refractivity contribution in [1.29, 1.82) is 0 Å². The van der Waals surface area contributed by atoms with Crippen molar-refractivity contribution in [2.45, 2.75) is 39.0 Å². The van der Waals surface area contributed by atoms with Gasteiger partial charge in [0.05, 0.1) is 5.69 Å². The van der Waals surface area contributed by atoms with E-state index in [2.05, 4.69) is 46.6 Å². The van der Waals surface area contributed by atoms with Crippen molar-refractivity contribution in [2.75, 3.05) is 0 Å². The monoisotopic (exact) mass is 342 g/mol. The zero-order valence-electron chi connectivity index (χ0n) is 10.2. The lowest BCUT2D eigenvalue weighted by molar-refractivity contribution is 0.437. The minimum atomic E-state index is 0.503. The van der Waals surface area contributed by atoms with E-state index in [1.54, 1.807) is 0 Å². The second kappa shape index (κ2) is 5.85. The van der Waals surface area contributed by atoms with Crippen molar-refractivity contribution in [3.05, 3.63) is 27.3 Å². The minimum Gasteiger partial charge on any atom is -0.387 e. The van der Waals surface area contributed by atoms with Gasteiger partial charge in [-0.05, 0) is 60.1 Å². The molecule has 1 aliphatic carbocycles. The first-order valence-corrected chi connectivity index (χ1v) is 7.35. The molecule has 3 heteroatoms. The van der Waals surface area contributed by atoms with E-state index in [9.17, 15) is 0 Å². The molecule has 1 aromatic carbocycles. The van der Waals surface area contributed by atoms with E-state index in [0.29, 0.717) is 5.92 Å². The van der Waals surface area contributed by atoms with E-state index in [1.165, 1.54) is 41.2 Å². The van der Waals surface area contributed by atoms with Gasteiger partial charge >= 0.3 is 0 Å². The van der Waals surface area contributed by atoms with Crippen LogP contribution in [0.3, 0.4) is 0 Å². The lowest BCUT2D eigenvalue weighted by Crippen LogP contribution is -2.25. The molecule has 1 aromatic rings. The highest BCUT2D eigenvalue weighted by atomic mass is 127. The van der Waals surface area contributed by atoms with Crippen molar-refractivity contribution in [1.82, 2.24) is 0 Å². The molecule has 0 bridgehead atoms. The molecular formula is C14H19IN2.